The second-order valence-electron chi connectivity index (χ2n) is 3.18. The van der Waals surface area contributed by atoms with E-state index in [0.717, 1.165) is 6.42 Å². The zero-order valence-corrected chi connectivity index (χ0v) is 8.84. The van der Waals surface area contributed by atoms with Crippen molar-refractivity contribution >= 4 is 0 Å². The SMILES string of the molecule is CC/C=C/N(CCC)CCCC. The van der Waals surface area contributed by atoms with Crippen LogP contribution in [0.4, 0.5) is 0 Å². The van der Waals surface area contributed by atoms with Crippen LogP contribution in [0.5, 0.6) is 0 Å². The van der Waals surface area contributed by atoms with E-state index >= 15 is 0 Å². The number of unbranched alkanes of at least 4 members (excludes halogenated alkanes) is 1. The van der Waals surface area contributed by atoms with E-state index in [1.165, 1.54) is 32.4 Å². The van der Waals surface area contributed by atoms with Gasteiger partial charge in [0.15, 0.2) is 0 Å². The molecule has 0 aliphatic rings. The van der Waals surface area contributed by atoms with Gasteiger partial charge in [-0.1, -0.05) is 33.3 Å². The molecule has 72 valence electrons. The first-order valence-corrected chi connectivity index (χ1v) is 5.25. The van der Waals surface area contributed by atoms with Crippen molar-refractivity contribution in [2.24, 2.45) is 0 Å². The van der Waals surface area contributed by atoms with Crippen LogP contribution in [0.2, 0.25) is 0 Å². The Bertz CT molecular complexity index is 108. The fourth-order valence-electron chi connectivity index (χ4n) is 1.16. The van der Waals surface area contributed by atoms with Crippen molar-refractivity contribution in [1.29, 1.82) is 0 Å². The van der Waals surface area contributed by atoms with Crippen LogP contribution in [-0.4, -0.2) is 18.0 Å². The summed E-state index contributed by atoms with van der Waals surface area (Å²) in [6.07, 6.45) is 9.49. The predicted molar refractivity (Wildman–Crippen MR) is 56.2 cm³/mol. The summed E-state index contributed by atoms with van der Waals surface area (Å²) >= 11 is 0. The molecule has 0 rings (SSSR count). The maximum Gasteiger partial charge on any atom is 0.0172 e. The van der Waals surface area contributed by atoms with Crippen molar-refractivity contribution in [3.8, 4) is 0 Å². The second-order valence-corrected chi connectivity index (χ2v) is 3.18. The molecule has 0 fully saturated rings. The summed E-state index contributed by atoms with van der Waals surface area (Å²) in [7, 11) is 0. The van der Waals surface area contributed by atoms with Crippen molar-refractivity contribution < 1.29 is 0 Å². The summed E-state index contributed by atoms with van der Waals surface area (Å²) in [4.78, 5) is 2.42. The van der Waals surface area contributed by atoms with Crippen LogP contribution in [0.25, 0.3) is 0 Å². The number of rotatable bonds is 7. The lowest BCUT2D eigenvalue weighted by molar-refractivity contribution is 0.366. The van der Waals surface area contributed by atoms with Gasteiger partial charge in [-0.3, -0.25) is 0 Å². The van der Waals surface area contributed by atoms with Crippen LogP contribution in [0, 0.1) is 0 Å². The van der Waals surface area contributed by atoms with E-state index < -0.39 is 0 Å². The summed E-state index contributed by atoms with van der Waals surface area (Å²) in [6.45, 7) is 9.09. The van der Waals surface area contributed by atoms with E-state index in [4.69, 9.17) is 0 Å². The topological polar surface area (TPSA) is 3.24 Å². The quantitative estimate of drug-likeness (QED) is 0.564. The molecule has 0 aromatic carbocycles. The summed E-state index contributed by atoms with van der Waals surface area (Å²) in [5, 5.41) is 0. The number of hydrogen-bond donors (Lipinski definition) is 0. The van der Waals surface area contributed by atoms with Crippen LogP contribution < -0.4 is 0 Å². The zero-order valence-electron chi connectivity index (χ0n) is 8.84. The van der Waals surface area contributed by atoms with Gasteiger partial charge in [0, 0.05) is 13.1 Å². The van der Waals surface area contributed by atoms with E-state index in [1.54, 1.807) is 0 Å². The van der Waals surface area contributed by atoms with E-state index in [9.17, 15) is 0 Å². The normalized spacial score (nSPS) is 10.9. The maximum absolute atomic E-state index is 2.42. The molecule has 0 saturated heterocycles. The summed E-state index contributed by atoms with van der Waals surface area (Å²) in [5.41, 5.74) is 0. The molecule has 0 saturated carbocycles. The third-order valence-corrected chi connectivity index (χ3v) is 1.86. The van der Waals surface area contributed by atoms with Crippen molar-refractivity contribution in [3.63, 3.8) is 0 Å². The van der Waals surface area contributed by atoms with Crippen molar-refractivity contribution in [3.05, 3.63) is 12.3 Å². The fourth-order valence-corrected chi connectivity index (χ4v) is 1.16. The zero-order chi connectivity index (χ0) is 9.23. The van der Waals surface area contributed by atoms with Gasteiger partial charge in [-0.05, 0) is 25.5 Å². The van der Waals surface area contributed by atoms with Gasteiger partial charge in [0.1, 0.15) is 0 Å². The lowest BCUT2D eigenvalue weighted by Crippen LogP contribution is -2.19. The van der Waals surface area contributed by atoms with Gasteiger partial charge in [0.05, 0.1) is 0 Å². The molecule has 0 aliphatic carbocycles. The predicted octanol–water partition coefficient (Wildman–Crippen LogP) is 3.42. The first-order valence-electron chi connectivity index (χ1n) is 5.25. The third kappa shape index (κ3) is 6.26. The highest BCUT2D eigenvalue weighted by Gasteiger charge is 1.94. The average Bonchev–Trinajstić information content (AvgIpc) is 2.10. The minimum Gasteiger partial charge on any atom is -0.378 e. The Morgan fingerprint density at radius 3 is 2.25 bits per heavy atom. The van der Waals surface area contributed by atoms with Crippen LogP contribution >= 0.6 is 0 Å². The van der Waals surface area contributed by atoms with Gasteiger partial charge in [-0.2, -0.15) is 0 Å². The molecule has 0 N–H and O–H groups in total. The summed E-state index contributed by atoms with van der Waals surface area (Å²) < 4.78 is 0. The molecule has 0 aliphatic heterocycles. The lowest BCUT2D eigenvalue weighted by Gasteiger charge is -2.18. The Hall–Kier alpha value is -0.460. The van der Waals surface area contributed by atoms with Crippen LogP contribution in [0.15, 0.2) is 12.3 Å². The summed E-state index contributed by atoms with van der Waals surface area (Å²) in [6, 6.07) is 0. The van der Waals surface area contributed by atoms with Crippen molar-refractivity contribution in [2.45, 2.75) is 46.5 Å². The molecule has 0 atom stereocenters. The molecule has 12 heavy (non-hydrogen) atoms. The maximum atomic E-state index is 2.42. The molecule has 0 bridgehead atoms. The smallest absolute Gasteiger partial charge is 0.0172 e. The van der Waals surface area contributed by atoms with Gasteiger partial charge in [0.2, 0.25) is 0 Å². The van der Waals surface area contributed by atoms with Gasteiger partial charge >= 0.3 is 0 Å². The minimum absolute atomic E-state index is 1.15. The lowest BCUT2D eigenvalue weighted by atomic mass is 10.3. The van der Waals surface area contributed by atoms with E-state index in [2.05, 4.69) is 37.9 Å². The van der Waals surface area contributed by atoms with Gasteiger partial charge in [-0.15, -0.1) is 0 Å². The highest BCUT2D eigenvalue weighted by Crippen LogP contribution is 1.98. The molecule has 0 unspecified atom stereocenters. The molecule has 0 aromatic rings. The van der Waals surface area contributed by atoms with Crippen LogP contribution in [0.1, 0.15) is 46.5 Å². The number of allylic oxidation sites excluding steroid dienone is 1. The molecule has 0 radical (unpaired) electrons. The molecular weight excluding hydrogens is 146 g/mol. The molecule has 0 aromatic heterocycles. The monoisotopic (exact) mass is 169 g/mol. The fraction of sp³-hybridized carbons (Fsp3) is 0.818. The standard InChI is InChI=1S/C11H23N/c1-4-7-10-12(9-6-3)11-8-5-2/h7,10H,4-6,8-9,11H2,1-3H3/b10-7+. The second kappa shape index (κ2) is 8.63. The number of hydrogen-bond acceptors (Lipinski definition) is 1. The Morgan fingerprint density at radius 2 is 1.75 bits per heavy atom. The largest absolute Gasteiger partial charge is 0.378 e. The molecule has 1 nitrogen and oxygen atoms in total. The summed E-state index contributed by atoms with van der Waals surface area (Å²) in [5.74, 6) is 0. The van der Waals surface area contributed by atoms with Crippen LogP contribution in [0.3, 0.4) is 0 Å². The molecule has 0 spiro atoms. The average molecular weight is 169 g/mol. The van der Waals surface area contributed by atoms with Gasteiger partial charge in [0.25, 0.3) is 0 Å². The Kier molecular flexibility index (Phi) is 8.30. The van der Waals surface area contributed by atoms with E-state index in [1.807, 2.05) is 0 Å². The molecule has 0 amide bonds. The Labute approximate surface area is 77.5 Å². The third-order valence-electron chi connectivity index (χ3n) is 1.86. The molecular formula is C11H23N. The highest BCUT2D eigenvalue weighted by molar-refractivity contribution is 4.80. The van der Waals surface area contributed by atoms with Crippen molar-refractivity contribution in [1.82, 2.24) is 4.90 Å². The highest BCUT2D eigenvalue weighted by atomic mass is 15.1. The van der Waals surface area contributed by atoms with E-state index in [-0.39, 0.29) is 0 Å². The van der Waals surface area contributed by atoms with Gasteiger partial charge in [-0.25, -0.2) is 0 Å². The minimum atomic E-state index is 1.15. The first-order chi connectivity index (χ1) is 5.85. The molecule has 0 heterocycles. The molecule has 1 heteroatoms. The number of nitrogens with zero attached hydrogens (tertiary/aromatic N) is 1. The van der Waals surface area contributed by atoms with Crippen LogP contribution in [-0.2, 0) is 0 Å². The first kappa shape index (κ1) is 11.5. The van der Waals surface area contributed by atoms with Gasteiger partial charge < -0.3 is 4.90 Å². The van der Waals surface area contributed by atoms with Crippen molar-refractivity contribution in [2.75, 3.05) is 13.1 Å². The van der Waals surface area contributed by atoms with E-state index in [0.29, 0.717) is 0 Å². The Balaban J connectivity index is 3.61. The Morgan fingerprint density at radius 1 is 1.00 bits per heavy atom.